The number of hydrogen-bond acceptors (Lipinski definition) is 0. The van der Waals surface area contributed by atoms with Crippen LogP contribution in [0.4, 0.5) is 5.69 Å². The van der Waals surface area contributed by atoms with E-state index in [1.165, 1.54) is 150 Å². The monoisotopic (exact) mass is 480 g/mol. The molecule has 0 aliphatic carbocycles. The summed E-state index contributed by atoms with van der Waals surface area (Å²) in [6.45, 7) is 10.9. The molecular weight excluding hydrogens is 422 g/mol. The van der Waals surface area contributed by atoms with E-state index in [-0.39, 0.29) is 0 Å². The maximum atomic E-state index is 2.42. The lowest BCUT2D eigenvalue weighted by atomic mass is 10.0. The van der Waals surface area contributed by atoms with Crippen LogP contribution in [-0.4, -0.2) is 19.6 Å². The van der Waals surface area contributed by atoms with Crippen molar-refractivity contribution in [2.75, 3.05) is 19.6 Å². The summed E-state index contributed by atoms with van der Waals surface area (Å²) in [4.78, 5) is 0. The van der Waals surface area contributed by atoms with Gasteiger partial charge in [-0.15, -0.1) is 0 Å². The van der Waals surface area contributed by atoms with Gasteiger partial charge in [-0.3, -0.25) is 4.48 Å². The molecule has 0 aliphatic heterocycles. The van der Waals surface area contributed by atoms with E-state index in [4.69, 9.17) is 0 Å². The van der Waals surface area contributed by atoms with Gasteiger partial charge in [-0.2, -0.15) is 0 Å². The van der Waals surface area contributed by atoms with E-state index in [1.54, 1.807) is 5.69 Å². The molecule has 0 bridgehead atoms. The van der Waals surface area contributed by atoms with E-state index in [0.717, 1.165) is 0 Å². The Hall–Kier alpha value is -1.34. The van der Waals surface area contributed by atoms with Gasteiger partial charge < -0.3 is 0 Å². The first-order chi connectivity index (χ1) is 17.3. The Morgan fingerprint density at radius 2 is 0.886 bits per heavy atom. The van der Waals surface area contributed by atoms with Crippen molar-refractivity contribution in [3.63, 3.8) is 0 Å². The molecule has 0 spiro atoms. The minimum absolute atomic E-state index is 1.17. The predicted molar refractivity (Wildman–Crippen MR) is 160 cm³/mol. The Morgan fingerprint density at radius 1 is 0.429 bits per heavy atom. The van der Waals surface area contributed by atoms with Gasteiger partial charge in [-0.1, -0.05) is 141 Å². The van der Waals surface area contributed by atoms with Gasteiger partial charge in [-0.25, -0.2) is 0 Å². The van der Waals surface area contributed by atoms with Crippen molar-refractivity contribution in [3.05, 3.63) is 42.5 Å². The first-order valence-corrected chi connectivity index (χ1v) is 15.6. The lowest BCUT2D eigenvalue weighted by molar-refractivity contribution is 0.267. The molecule has 1 heteroatoms. The quantitative estimate of drug-likeness (QED) is 0.116. The fraction of sp³-hybridized carbons (Fsp3) is 0.706. The molecule has 2 aromatic carbocycles. The first kappa shape index (κ1) is 29.9. The lowest BCUT2D eigenvalue weighted by Gasteiger charge is -2.39. The van der Waals surface area contributed by atoms with Crippen molar-refractivity contribution < 1.29 is 0 Å². The molecule has 0 radical (unpaired) electrons. The highest BCUT2D eigenvalue weighted by Crippen LogP contribution is 2.33. The van der Waals surface area contributed by atoms with Gasteiger partial charge in [0.25, 0.3) is 0 Å². The van der Waals surface area contributed by atoms with E-state index in [9.17, 15) is 0 Å². The van der Waals surface area contributed by atoms with Crippen LogP contribution in [0.1, 0.15) is 136 Å². The number of rotatable bonds is 22. The third-order valence-electron chi connectivity index (χ3n) is 8.02. The van der Waals surface area contributed by atoms with Gasteiger partial charge in [0.2, 0.25) is 0 Å². The van der Waals surface area contributed by atoms with Gasteiger partial charge in [-0.05, 0) is 43.2 Å². The number of benzene rings is 2. The maximum Gasteiger partial charge on any atom is 0.140 e. The third kappa shape index (κ3) is 11.1. The Kier molecular flexibility index (Phi) is 16.1. The fourth-order valence-electron chi connectivity index (χ4n) is 6.14. The number of fused-ring (bicyclic) bond motifs is 1. The average Bonchev–Trinajstić information content (AvgIpc) is 2.88. The second-order valence-corrected chi connectivity index (χ2v) is 11.1. The molecule has 1 nitrogen and oxygen atoms in total. The molecule has 198 valence electrons. The molecule has 0 unspecified atom stereocenters. The van der Waals surface area contributed by atoms with E-state index < -0.39 is 0 Å². The molecule has 0 fully saturated rings. The van der Waals surface area contributed by atoms with Gasteiger partial charge in [0.1, 0.15) is 5.69 Å². The van der Waals surface area contributed by atoms with Crippen molar-refractivity contribution in [2.45, 2.75) is 136 Å². The van der Waals surface area contributed by atoms with Gasteiger partial charge >= 0.3 is 0 Å². The number of hydrogen-bond donors (Lipinski definition) is 0. The third-order valence-corrected chi connectivity index (χ3v) is 8.02. The lowest BCUT2D eigenvalue weighted by Crippen LogP contribution is -2.51. The van der Waals surface area contributed by atoms with Gasteiger partial charge in [0.15, 0.2) is 0 Å². The SMILES string of the molecule is CCCCCCCCCCCCCCCCCC[N+](CCC)(CCC)c1cccc2ccccc12. The molecule has 2 rings (SSSR count). The number of quaternary nitrogens is 1. The van der Waals surface area contributed by atoms with Crippen LogP contribution in [0.3, 0.4) is 0 Å². The van der Waals surface area contributed by atoms with Crippen molar-refractivity contribution >= 4 is 16.5 Å². The van der Waals surface area contributed by atoms with Crippen LogP contribution in [0.15, 0.2) is 42.5 Å². The second-order valence-electron chi connectivity index (χ2n) is 11.1. The molecule has 35 heavy (non-hydrogen) atoms. The van der Waals surface area contributed by atoms with Crippen molar-refractivity contribution in [1.29, 1.82) is 0 Å². The largest absolute Gasteiger partial charge is 0.291 e. The summed E-state index contributed by atoms with van der Waals surface area (Å²) in [5, 5.41) is 2.86. The standard InChI is InChI=1S/C34H58N/c1-4-7-8-9-10-11-12-13-14-15-16-17-18-19-20-23-31-35(29-5-2,30-6-3)34-28-24-26-32-25-21-22-27-33(32)34/h21-22,24-28H,4-20,23,29-31H2,1-3H3/q+1. The average molecular weight is 481 g/mol. The van der Waals surface area contributed by atoms with Crippen LogP contribution in [-0.2, 0) is 0 Å². The highest BCUT2D eigenvalue weighted by molar-refractivity contribution is 5.93. The Bertz CT molecular complexity index is 753. The van der Waals surface area contributed by atoms with Crippen LogP contribution >= 0.6 is 0 Å². The normalized spacial score (nSPS) is 12.0. The highest BCUT2D eigenvalue weighted by atomic mass is 15.4. The van der Waals surface area contributed by atoms with Crippen LogP contribution in [0.2, 0.25) is 0 Å². The van der Waals surface area contributed by atoms with Crippen LogP contribution in [0.5, 0.6) is 0 Å². The Morgan fingerprint density at radius 3 is 1.40 bits per heavy atom. The topological polar surface area (TPSA) is 0 Å². The number of nitrogens with zero attached hydrogens (tertiary/aromatic N) is 1. The zero-order chi connectivity index (χ0) is 25.0. The van der Waals surface area contributed by atoms with Gasteiger partial charge in [0.05, 0.1) is 19.6 Å². The summed E-state index contributed by atoms with van der Waals surface area (Å²) in [7, 11) is 0. The molecule has 2 aromatic rings. The summed E-state index contributed by atoms with van der Waals surface area (Å²) < 4.78 is 1.17. The molecule has 0 N–H and O–H groups in total. The van der Waals surface area contributed by atoms with Crippen LogP contribution < -0.4 is 4.48 Å². The van der Waals surface area contributed by atoms with E-state index >= 15 is 0 Å². The minimum atomic E-state index is 1.17. The Labute approximate surface area is 219 Å². The minimum Gasteiger partial charge on any atom is -0.291 e. The summed E-state index contributed by atoms with van der Waals surface area (Å²) in [5.74, 6) is 0. The highest BCUT2D eigenvalue weighted by Gasteiger charge is 2.29. The molecule has 0 saturated carbocycles. The van der Waals surface area contributed by atoms with E-state index in [2.05, 4.69) is 63.2 Å². The summed E-state index contributed by atoms with van der Waals surface area (Å²) in [6.07, 6.45) is 25.6. The fourth-order valence-corrected chi connectivity index (χ4v) is 6.14. The van der Waals surface area contributed by atoms with E-state index in [1.807, 2.05) is 0 Å². The summed E-state index contributed by atoms with van der Waals surface area (Å²) in [5.41, 5.74) is 1.56. The number of unbranched alkanes of at least 4 members (excludes halogenated alkanes) is 15. The predicted octanol–water partition coefficient (Wildman–Crippen LogP) is 11.2. The van der Waals surface area contributed by atoms with E-state index in [0.29, 0.717) is 0 Å². The Balaban J connectivity index is 1.65. The zero-order valence-corrected chi connectivity index (χ0v) is 23.8. The summed E-state index contributed by atoms with van der Waals surface area (Å²) >= 11 is 0. The summed E-state index contributed by atoms with van der Waals surface area (Å²) in [6, 6.07) is 16.0. The maximum absolute atomic E-state index is 2.42. The molecular formula is C34H58N+. The molecule has 0 aliphatic rings. The molecule has 0 aromatic heterocycles. The second kappa shape index (κ2) is 18.9. The van der Waals surface area contributed by atoms with Crippen molar-refractivity contribution in [3.8, 4) is 0 Å². The van der Waals surface area contributed by atoms with Crippen LogP contribution in [0, 0.1) is 0 Å². The molecule has 0 atom stereocenters. The first-order valence-electron chi connectivity index (χ1n) is 15.6. The van der Waals surface area contributed by atoms with Crippen molar-refractivity contribution in [1.82, 2.24) is 4.48 Å². The van der Waals surface area contributed by atoms with Crippen LogP contribution in [0.25, 0.3) is 10.8 Å². The molecule has 0 amide bonds. The smallest absolute Gasteiger partial charge is 0.140 e. The molecule has 0 saturated heterocycles. The molecule has 0 heterocycles. The van der Waals surface area contributed by atoms with Crippen molar-refractivity contribution in [2.24, 2.45) is 0 Å². The zero-order valence-electron chi connectivity index (χ0n) is 23.8. The van der Waals surface area contributed by atoms with Gasteiger partial charge in [0, 0.05) is 5.39 Å².